The van der Waals surface area contributed by atoms with E-state index in [1.165, 1.54) is 5.56 Å². The summed E-state index contributed by atoms with van der Waals surface area (Å²) in [5, 5.41) is 0. The maximum Gasteiger partial charge on any atom is 0.237 e. The minimum absolute atomic E-state index is 0.0988. The van der Waals surface area contributed by atoms with Crippen molar-refractivity contribution in [2.75, 3.05) is 19.6 Å². The smallest absolute Gasteiger partial charge is 0.237 e. The fraction of sp³-hybridized carbons (Fsp3) is 0.611. The molecule has 1 aliphatic heterocycles. The van der Waals surface area contributed by atoms with Gasteiger partial charge in [0.25, 0.3) is 0 Å². The molecule has 2 N–H and O–H groups in total. The van der Waals surface area contributed by atoms with Crippen molar-refractivity contribution in [1.29, 1.82) is 0 Å². The molecule has 1 aromatic carbocycles. The zero-order chi connectivity index (χ0) is 16.3. The Labute approximate surface area is 134 Å². The number of likely N-dealkylation sites (tertiary alicyclic amines) is 1. The van der Waals surface area contributed by atoms with Crippen LogP contribution in [0.4, 0.5) is 0 Å². The van der Waals surface area contributed by atoms with Crippen LogP contribution in [0.5, 0.6) is 0 Å². The Hall–Kier alpha value is -1.39. The summed E-state index contributed by atoms with van der Waals surface area (Å²) in [4.78, 5) is 16.7. The lowest BCUT2D eigenvalue weighted by Gasteiger charge is -2.32. The van der Waals surface area contributed by atoms with E-state index in [-0.39, 0.29) is 24.0 Å². The van der Waals surface area contributed by atoms with Gasteiger partial charge in [-0.1, -0.05) is 30.3 Å². The summed E-state index contributed by atoms with van der Waals surface area (Å²) in [6.45, 7) is 10.4. The lowest BCUT2D eigenvalue weighted by molar-refractivity contribution is -0.135. The molecule has 0 spiro atoms. The van der Waals surface area contributed by atoms with Gasteiger partial charge in [0.1, 0.15) is 0 Å². The molecule has 122 valence electrons. The average molecular weight is 303 g/mol. The molecule has 0 radical (unpaired) electrons. The molecule has 4 heteroatoms. The van der Waals surface area contributed by atoms with Crippen LogP contribution in [0.2, 0.25) is 0 Å². The number of carbonyl (C=O) groups excluding carboxylic acids is 1. The van der Waals surface area contributed by atoms with Gasteiger partial charge in [0.2, 0.25) is 5.91 Å². The highest BCUT2D eigenvalue weighted by atomic mass is 16.2. The van der Waals surface area contributed by atoms with Crippen molar-refractivity contribution in [3.8, 4) is 0 Å². The van der Waals surface area contributed by atoms with Crippen LogP contribution in [0, 0.1) is 0 Å². The van der Waals surface area contributed by atoms with Gasteiger partial charge in [0.15, 0.2) is 0 Å². The van der Waals surface area contributed by atoms with Gasteiger partial charge in [-0.05, 0) is 33.3 Å². The minimum atomic E-state index is 0.0988. The predicted molar refractivity (Wildman–Crippen MR) is 90.7 cm³/mol. The average Bonchev–Trinajstić information content (AvgIpc) is 2.79. The third kappa shape index (κ3) is 3.87. The first-order valence-electron chi connectivity index (χ1n) is 8.24. The monoisotopic (exact) mass is 303 g/mol. The van der Waals surface area contributed by atoms with E-state index in [0.717, 1.165) is 13.1 Å². The molecule has 0 aromatic heterocycles. The molecule has 1 amide bonds. The number of hydrogen-bond acceptors (Lipinski definition) is 3. The molecular formula is C18H29N3O. The Morgan fingerprint density at radius 1 is 1.18 bits per heavy atom. The van der Waals surface area contributed by atoms with E-state index in [4.69, 9.17) is 5.73 Å². The first-order valence-corrected chi connectivity index (χ1v) is 8.24. The highest BCUT2D eigenvalue weighted by Gasteiger charge is 2.33. The zero-order valence-electron chi connectivity index (χ0n) is 14.2. The fourth-order valence-corrected chi connectivity index (χ4v) is 3.54. The molecule has 2 rings (SSSR count). The van der Waals surface area contributed by atoms with Crippen LogP contribution in [0.15, 0.2) is 30.3 Å². The van der Waals surface area contributed by atoms with Crippen molar-refractivity contribution >= 4 is 5.91 Å². The molecule has 1 aliphatic rings. The van der Waals surface area contributed by atoms with E-state index in [0.29, 0.717) is 12.5 Å². The van der Waals surface area contributed by atoms with E-state index in [2.05, 4.69) is 56.9 Å². The van der Waals surface area contributed by atoms with Gasteiger partial charge in [-0.15, -0.1) is 0 Å². The van der Waals surface area contributed by atoms with Crippen LogP contribution < -0.4 is 5.73 Å². The Morgan fingerprint density at radius 2 is 1.77 bits per heavy atom. The summed E-state index contributed by atoms with van der Waals surface area (Å²) >= 11 is 0. The molecule has 0 unspecified atom stereocenters. The van der Waals surface area contributed by atoms with Gasteiger partial charge >= 0.3 is 0 Å². The Kier molecular flexibility index (Phi) is 5.59. The number of rotatable bonds is 5. The topological polar surface area (TPSA) is 49.6 Å². The normalized spacial score (nSPS) is 22.5. The Balaban J connectivity index is 1.99. The second kappa shape index (κ2) is 7.25. The molecule has 1 fully saturated rings. The highest BCUT2D eigenvalue weighted by molar-refractivity contribution is 5.79. The molecule has 0 aliphatic carbocycles. The van der Waals surface area contributed by atoms with Crippen LogP contribution in [-0.4, -0.2) is 53.5 Å². The first-order chi connectivity index (χ1) is 10.4. The van der Waals surface area contributed by atoms with Gasteiger partial charge < -0.3 is 10.6 Å². The summed E-state index contributed by atoms with van der Waals surface area (Å²) in [7, 11) is 0. The molecule has 0 saturated carbocycles. The fourth-order valence-electron chi connectivity index (χ4n) is 3.54. The van der Waals surface area contributed by atoms with E-state index < -0.39 is 0 Å². The molecule has 0 bridgehead atoms. The largest absolute Gasteiger partial charge is 0.337 e. The third-order valence-corrected chi connectivity index (χ3v) is 4.43. The van der Waals surface area contributed by atoms with Gasteiger partial charge in [-0.25, -0.2) is 0 Å². The van der Waals surface area contributed by atoms with Crippen LogP contribution >= 0.6 is 0 Å². The SMILES string of the molecule is CC(C)N(C(=O)CN1C[C@@H](N)[C@H](c2ccccc2)C1)C(C)C. The van der Waals surface area contributed by atoms with Gasteiger partial charge in [-0.3, -0.25) is 9.69 Å². The summed E-state index contributed by atoms with van der Waals surface area (Å²) in [5.74, 6) is 0.520. The number of amides is 1. The maximum absolute atomic E-state index is 12.6. The quantitative estimate of drug-likeness (QED) is 0.906. The van der Waals surface area contributed by atoms with Crippen LogP contribution in [0.25, 0.3) is 0 Å². The Morgan fingerprint density at radius 3 is 2.32 bits per heavy atom. The summed E-state index contributed by atoms with van der Waals surface area (Å²) in [5.41, 5.74) is 7.58. The van der Waals surface area contributed by atoms with E-state index in [1.807, 2.05) is 11.0 Å². The number of nitrogens with two attached hydrogens (primary N) is 1. The van der Waals surface area contributed by atoms with Crippen molar-refractivity contribution in [2.24, 2.45) is 5.73 Å². The standard InChI is InChI=1S/C18H29N3O/c1-13(2)21(14(3)4)18(22)12-20-10-16(17(19)11-20)15-8-6-5-7-9-15/h5-9,13-14,16-17H,10-12,19H2,1-4H3/t16-,17+/m0/s1. The molecule has 22 heavy (non-hydrogen) atoms. The summed E-state index contributed by atoms with van der Waals surface area (Å²) in [6, 6.07) is 10.9. The molecule has 1 aromatic rings. The van der Waals surface area contributed by atoms with Crippen molar-refractivity contribution in [2.45, 2.75) is 51.7 Å². The maximum atomic E-state index is 12.6. The first kappa shape index (κ1) is 17.0. The highest BCUT2D eigenvalue weighted by Crippen LogP contribution is 2.26. The van der Waals surface area contributed by atoms with Crippen LogP contribution in [0.1, 0.15) is 39.2 Å². The lowest BCUT2D eigenvalue weighted by Crippen LogP contribution is -2.47. The van der Waals surface area contributed by atoms with Crippen LogP contribution in [0.3, 0.4) is 0 Å². The molecule has 1 saturated heterocycles. The minimum Gasteiger partial charge on any atom is -0.337 e. The zero-order valence-corrected chi connectivity index (χ0v) is 14.2. The molecule has 2 atom stereocenters. The van der Waals surface area contributed by atoms with Crippen molar-refractivity contribution < 1.29 is 4.79 Å². The Bertz CT molecular complexity index is 478. The number of nitrogens with zero attached hydrogens (tertiary/aromatic N) is 2. The van der Waals surface area contributed by atoms with Crippen molar-refractivity contribution in [3.05, 3.63) is 35.9 Å². The summed E-state index contributed by atoms with van der Waals surface area (Å²) < 4.78 is 0. The van der Waals surface area contributed by atoms with Gasteiger partial charge in [0, 0.05) is 37.1 Å². The molecular weight excluding hydrogens is 274 g/mol. The molecule has 1 heterocycles. The van der Waals surface area contributed by atoms with Gasteiger partial charge in [0.05, 0.1) is 6.54 Å². The third-order valence-electron chi connectivity index (χ3n) is 4.43. The van der Waals surface area contributed by atoms with Gasteiger partial charge in [-0.2, -0.15) is 0 Å². The van der Waals surface area contributed by atoms with E-state index in [9.17, 15) is 4.79 Å². The molecule has 4 nitrogen and oxygen atoms in total. The van der Waals surface area contributed by atoms with E-state index >= 15 is 0 Å². The number of benzene rings is 1. The number of hydrogen-bond donors (Lipinski definition) is 1. The summed E-state index contributed by atoms with van der Waals surface area (Å²) in [6.07, 6.45) is 0. The second-order valence-corrected chi connectivity index (χ2v) is 6.86. The lowest BCUT2D eigenvalue weighted by atomic mass is 9.95. The van der Waals surface area contributed by atoms with Crippen LogP contribution in [-0.2, 0) is 4.79 Å². The number of carbonyl (C=O) groups is 1. The van der Waals surface area contributed by atoms with Crippen molar-refractivity contribution in [1.82, 2.24) is 9.80 Å². The van der Waals surface area contributed by atoms with E-state index in [1.54, 1.807) is 0 Å². The predicted octanol–water partition coefficient (Wildman–Crippen LogP) is 2.06. The van der Waals surface area contributed by atoms with Crippen molar-refractivity contribution in [3.63, 3.8) is 0 Å². The second-order valence-electron chi connectivity index (χ2n) is 6.86.